The number of ether oxygens (including phenoxy) is 2. The van der Waals surface area contributed by atoms with E-state index in [-0.39, 0.29) is 11.9 Å². The highest BCUT2D eigenvalue weighted by atomic mass is 16.5. The van der Waals surface area contributed by atoms with Crippen LogP contribution in [-0.2, 0) is 0 Å². The molecule has 1 aromatic carbocycles. The molecule has 1 atom stereocenters. The molecule has 6 nitrogen and oxygen atoms in total. The fourth-order valence-electron chi connectivity index (χ4n) is 3.07. The van der Waals surface area contributed by atoms with Gasteiger partial charge in [-0.05, 0) is 31.9 Å². The molecular formula is C17H20N2O4. The van der Waals surface area contributed by atoms with Gasteiger partial charge in [-0.3, -0.25) is 4.79 Å². The Morgan fingerprint density at radius 3 is 2.57 bits per heavy atom. The Hall–Kier alpha value is -2.50. The summed E-state index contributed by atoms with van der Waals surface area (Å²) in [6.45, 7) is 2.53. The third kappa shape index (κ3) is 2.76. The van der Waals surface area contributed by atoms with E-state index in [1.165, 1.54) is 0 Å². The lowest BCUT2D eigenvalue weighted by atomic mass is 10.1. The van der Waals surface area contributed by atoms with E-state index in [9.17, 15) is 4.79 Å². The molecule has 1 fully saturated rings. The van der Waals surface area contributed by atoms with Crippen LogP contribution in [0.25, 0.3) is 0 Å². The number of amides is 1. The van der Waals surface area contributed by atoms with Crippen molar-refractivity contribution in [3.8, 4) is 11.5 Å². The molecule has 23 heavy (non-hydrogen) atoms. The first-order valence-corrected chi connectivity index (χ1v) is 7.61. The molecule has 1 aliphatic rings. The van der Waals surface area contributed by atoms with Gasteiger partial charge >= 0.3 is 0 Å². The van der Waals surface area contributed by atoms with Gasteiger partial charge in [-0.15, -0.1) is 0 Å². The number of hydrogen-bond donors (Lipinski definition) is 0. The minimum absolute atomic E-state index is 0.0745. The molecule has 6 heteroatoms. The van der Waals surface area contributed by atoms with Gasteiger partial charge < -0.3 is 18.9 Å². The number of aryl methyl sites for hydroxylation is 1. The van der Waals surface area contributed by atoms with Crippen molar-refractivity contribution in [1.29, 1.82) is 0 Å². The first-order chi connectivity index (χ1) is 11.2. The maximum absolute atomic E-state index is 13.1. The van der Waals surface area contributed by atoms with E-state index >= 15 is 0 Å². The van der Waals surface area contributed by atoms with E-state index in [2.05, 4.69) is 5.16 Å². The van der Waals surface area contributed by atoms with Crippen molar-refractivity contribution in [2.24, 2.45) is 0 Å². The van der Waals surface area contributed by atoms with Crippen LogP contribution in [0.5, 0.6) is 11.5 Å². The van der Waals surface area contributed by atoms with Crippen molar-refractivity contribution >= 4 is 5.91 Å². The van der Waals surface area contributed by atoms with Crippen molar-refractivity contribution in [2.45, 2.75) is 25.8 Å². The predicted molar refractivity (Wildman–Crippen MR) is 83.8 cm³/mol. The molecule has 2 heterocycles. The lowest BCUT2D eigenvalue weighted by Gasteiger charge is -2.24. The molecule has 3 rings (SSSR count). The maximum Gasteiger partial charge on any atom is 0.261 e. The van der Waals surface area contributed by atoms with Gasteiger partial charge in [-0.2, -0.15) is 0 Å². The molecule has 0 unspecified atom stereocenters. The second-order valence-electron chi connectivity index (χ2n) is 5.56. The Labute approximate surface area is 135 Å². The third-order valence-electron chi connectivity index (χ3n) is 4.14. The Bertz CT molecular complexity index is 688. The highest BCUT2D eigenvalue weighted by Gasteiger charge is 2.35. The number of aromatic nitrogens is 1. The minimum Gasteiger partial charge on any atom is -0.496 e. The number of rotatable bonds is 4. The van der Waals surface area contributed by atoms with Crippen LogP contribution in [0, 0.1) is 6.92 Å². The summed E-state index contributed by atoms with van der Waals surface area (Å²) >= 11 is 0. The molecule has 0 bridgehead atoms. The monoisotopic (exact) mass is 316 g/mol. The van der Waals surface area contributed by atoms with Gasteiger partial charge in [-0.1, -0.05) is 11.2 Å². The van der Waals surface area contributed by atoms with Crippen molar-refractivity contribution in [1.82, 2.24) is 10.1 Å². The first kappa shape index (κ1) is 15.4. The normalized spacial score (nSPS) is 17.3. The van der Waals surface area contributed by atoms with E-state index in [0.717, 1.165) is 24.3 Å². The van der Waals surface area contributed by atoms with Crippen LogP contribution >= 0.6 is 0 Å². The molecule has 1 aliphatic heterocycles. The summed E-state index contributed by atoms with van der Waals surface area (Å²) in [5.41, 5.74) is 1.24. The quantitative estimate of drug-likeness (QED) is 0.867. The molecule has 0 radical (unpaired) electrons. The fraction of sp³-hybridized carbons (Fsp3) is 0.412. The third-order valence-corrected chi connectivity index (χ3v) is 4.14. The van der Waals surface area contributed by atoms with Gasteiger partial charge in [0.25, 0.3) is 5.91 Å². The molecule has 1 aromatic heterocycles. The molecule has 122 valence electrons. The molecule has 1 saturated heterocycles. The first-order valence-electron chi connectivity index (χ1n) is 7.61. The summed E-state index contributed by atoms with van der Waals surface area (Å²) < 4.78 is 15.9. The highest BCUT2D eigenvalue weighted by Crippen LogP contribution is 2.37. The van der Waals surface area contributed by atoms with Crippen LogP contribution in [0.2, 0.25) is 0 Å². The van der Waals surface area contributed by atoms with Crippen molar-refractivity contribution in [2.75, 3.05) is 20.8 Å². The lowest BCUT2D eigenvalue weighted by molar-refractivity contribution is 0.0724. The van der Waals surface area contributed by atoms with E-state index < -0.39 is 0 Å². The molecular weight excluding hydrogens is 296 g/mol. The number of methoxy groups -OCH3 is 2. The summed E-state index contributed by atoms with van der Waals surface area (Å²) in [5, 5.41) is 4.08. The standard InChI is InChI=1S/C17H20N2O4/c1-11-10-12(18-23-11)13-6-5-9-19(13)17(20)16-14(21-2)7-4-8-15(16)22-3/h4,7-8,10,13H,5-6,9H2,1-3H3/t13-/m0/s1. The van der Waals surface area contributed by atoms with Crippen LogP contribution in [0.1, 0.15) is 40.7 Å². The van der Waals surface area contributed by atoms with Crippen LogP contribution < -0.4 is 9.47 Å². The van der Waals surface area contributed by atoms with Crippen LogP contribution in [0.15, 0.2) is 28.8 Å². The van der Waals surface area contributed by atoms with Gasteiger partial charge in [-0.25, -0.2) is 0 Å². The summed E-state index contributed by atoms with van der Waals surface area (Å²) in [5.74, 6) is 1.66. The lowest BCUT2D eigenvalue weighted by Crippen LogP contribution is -2.31. The number of benzene rings is 1. The van der Waals surface area contributed by atoms with Gasteiger partial charge in [0.1, 0.15) is 28.5 Å². The Balaban J connectivity index is 1.96. The zero-order valence-electron chi connectivity index (χ0n) is 13.5. The van der Waals surface area contributed by atoms with E-state index in [1.807, 2.05) is 17.9 Å². The summed E-state index contributed by atoms with van der Waals surface area (Å²) in [6.07, 6.45) is 1.80. The Kier molecular flexibility index (Phi) is 4.23. The average molecular weight is 316 g/mol. The van der Waals surface area contributed by atoms with Crippen molar-refractivity contribution in [3.05, 3.63) is 41.3 Å². The minimum atomic E-state index is -0.109. The van der Waals surface area contributed by atoms with Gasteiger partial charge in [0.2, 0.25) is 0 Å². The van der Waals surface area contributed by atoms with Crippen LogP contribution in [-0.4, -0.2) is 36.7 Å². The smallest absolute Gasteiger partial charge is 0.261 e. The summed E-state index contributed by atoms with van der Waals surface area (Å²) in [6, 6.07) is 7.14. The maximum atomic E-state index is 13.1. The molecule has 0 saturated carbocycles. The second-order valence-corrected chi connectivity index (χ2v) is 5.56. The van der Waals surface area contributed by atoms with Crippen molar-refractivity contribution in [3.63, 3.8) is 0 Å². The van der Waals surface area contributed by atoms with Crippen LogP contribution in [0.4, 0.5) is 0 Å². The summed E-state index contributed by atoms with van der Waals surface area (Å²) in [4.78, 5) is 14.9. The zero-order valence-corrected chi connectivity index (χ0v) is 13.5. The van der Waals surface area contributed by atoms with Crippen LogP contribution in [0.3, 0.4) is 0 Å². The Morgan fingerprint density at radius 1 is 1.30 bits per heavy atom. The van der Waals surface area contributed by atoms with Gasteiger partial charge in [0.15, 0.2) is 0 Å². The molecule has 0 aliphatic carbocycles. The number of hydrogen-bond acceptors (Lipinski definition) is 5. The average Bonchev–Trinajstić information content (AvgIpc) is 3.21. The molecule has 0 spiro atoms. The largest absolute Gasteiger partial charge is 0.496 e. The second kappa shape index (κ2) is 6.32. The van der Waals surface area contributed by atoms with E-state index in [4.69, 9.17) is 14.0 Å². The van der Waals surface area contributed by atoms with E-state index in [1.54, 1.807) is 32.4 Å². The number of carbonyl (C=O) groups is 1. The SMILES string of the molecule is COc1cccc(OC)c1C(=O)N1CCC[C@H]1c1cc(C)on1. The molecule has 2 aromatic rings. The summed E-state index contributed by atoms with van der Waals surface area (Å²) in [7, 11) is 3.10. The molecule has 1 amide bonds. The van der Waals surface area contributed by atoms with E-state index in [0.29, 0.717) is 23.6 Å². The molecule has 0 N–H and O–H groups in total. The highest BCUT2D eigenvalue weighted by molar-refractivity contribution is 6.00. The topological polar surface area (TPSA) is 64.8 Å². The van der Waals surface area contributed by atoms with Crippen molar-refractivity contribution < 1.29 is 18.8 Å². The Morgan fingerprint density at radius 2 is 2.00 bits per heavy atom. The van der Waals surface area contributed by atoms with Gasteiger partial charge in [0, 0.05) is 12.6 Å². The number of carbonyl (C=O) groups excluding carboxylic acids is 1. The van der Waals surface area contributed by atoms with Gasteiger partial charge in [0.05, 0.1) is 20.3 Å². The fourth-order valence-corrected chi connectivity index (χ4v) is 3.07. The zero-order chi connectivity index (χ0) is 16.4. The number of nitrogens with zero attached hydrogens (tertiary/aromatic N) is 2. The predicted octanol–water partition coefficient (Wildman–Crippen LogP) is 2.98. The number of likely N-dealkylation sites (tertiary alicyclic amines) is 1.